The van der Waals surface area contributed by atoms with Gasteiger partial charge in [0.05, 0.1) is 11.9 Å². The molecule has 0 aliphatic heterocycles. The Balaban J connectivity index is 2.03. The number of anilines is 2. The maximum atomic E-state index is 12.7. The van der Waals surface area contributed by atoms with Gasteiger partial charge in [0.25, 0.3) is 0 Å². The van der Waals surface area contributed by atoms with Gasteiger partial charge in [0, 0.05) is 0 Å². The van der Waals surface area contributed by atoms with Crippen molar-refractivity contribution in [2.75, 3.05) is 11.2 Å². The van der Waals surface area contributed by atoms with Crippen molar-refractivity contribution in [1.82, 2.24) is 9.97 Å². The van der Waals surface area contributed by atoms with E-state index in [0.29, 0.717) is 0 Å². The summed E-state index contributed by atoms with van der Waals surface area (Å²) in [7, 11) is 0. The van der Waals surface area contributed by atoms with Gasteiger partial charge in [-0.3, -0.25) is 0 Å². The van der Waals surface area contributed by atoms with E-state index in [1.54, 1.807) is 12.1 Å². The molecule has 5 nitrogen and oxygen atoms in total. The fourth-order valence-electron chi connectivity index (χ4n) is 1.02. The molecule has 0 saturated carbocycles. The van der Waals surface area contributed by atoms with Gasteiger partial charge in [-0.2, -0.15) is 9.97 Å². The highest BCUT2D eigenvalue weighted by molar-refractivity contribution is 5.40. The number of nitrogens with zero attached hydrogens (tertiary/aromatic N) is 2. The highest BCUT2D eigenvalue weighted by Crippen LogP contribution is 2.11. The molecular formula is C10H9FN4O. The van der Waals surface area contributed by atoms with Gasteiger partial charge in [-0.05, 0) is 12.1 Å². The van der Waals surface area contributed by atoms with Gasteiger partial charge in [-0.15, -0.1) is 0 Å². The average molecular weight is 220 g/mol. The third-order valence-electron chi connectivity index (χ3n) is 1.78. The SMILES string of the molecule is Nc1nc(ONc2ccccc2)ncc1F. The number of nitrogens with two attached hydrogens (primary N) is 1. The zero-order chi connectivity index (χ0) is 11.4. The summed E-state index contributed by atoms with van der Waals surface area (Å²) in [6.07, 6.45) is 0.949. The van der Waals surface area contributed by atoms with Crippen molar-refractivity contribution in [2.24, 2.45) is 0 Å². The summed E-state index contributed by atoms with van der Waals surface area (Å²) in [5.41, 5.74) is 8.59. The van der Waals surface area contributed by atoms with Crippen molar-refractivity contribution >= 4 is 11.5 Å². The van der Waals surface area contributed by atoms with Gasteiger partial charge in [-0.1, -0.05) is 18.2 Å². The number of para-hydroxylation sites is 1. The Morgan fingerprint density at radius 1 is 1.25 bits per heavy atom. The summed E-state index contributed by atoms with van der Waals surface area (Å²) in [4.78, 5) is 12.2. The number of rotatable bonds is 3. The van der Waals surface area contributed by atoms with Crippen molar-refractivity contribution in [1.29, 1.82) is 0 Å². The molecule has 0 bridgehead atoms. The van der Waals surface area contributed by atoms with Crippen LogP contribution in [0.1, 0.15) is 0 Å². The first-order valence-corrected chi connectivity index (χ1v) is 4.51. The predicted octanol–water partition coefficient (Wildman–Crippen LogP) is 1.60. The van der Waals surface area contributed by atoms with Gasteiger partial charge in [-0.25, -0.2) is 9.87 Å². The number of nitrogens with one attached hydrogen (secondary N) is 1. The van der Waals surface area contributed by atoms with Crippen LogP contribution in [-0.4, -0.2) is 9.97 Å². The number of halogens is 1. The summed E-state index contributed by atoms with van der Waals surface area (Å²) in [6, 6.07) is 9.11. The van der Waals surface area contributed by atoms with Crippen LogP contribution in [0.4, 0.5) is 15.9 Å². The molecule has 2 aromatic rings. The van der Waals surface area contributed by atoms with Crippen LogP contribution in [0.2, 0.25) is 0 Å². The van der Waals surface area contributed by atoms with Gasteiger partial charge in [0.2, 0.25) is 0 Å². The number of benzene rings is 1. The summed E-state index contributed by atoms with van der Waals surface area (Å²) in [5.74, 6) is -0.924. The second-order valence-corrected chi connectivity index (χ2v) is 2.96. The van der Waals surface area contributed by atoms with E-state index in [1.165, 1.54) is 0 Å². The van der Waals surface area contributed by atoms with E-state index >= 15 is 0 Å². The van der Waals surface area contributed by atoms with Crippen LogP contribution in [0.3, 0.4) is 0 Å². The second-order valence-electron chi connectivity index (χ2n) is 2.96. The summed E-state index contributed by atoms with van der Waals surface area (Å²) >= 11 is 0. The van der Waals surface area contributed by atoms with Crippen molar-refractivity contribution in [3.63, 3.8) is 0 Å². The molecule has 1 heterocycles. The van der Waals surface area contributed by atoms with E-state index in [1.807, 2.05) is 18.2 Å². The molecule has 0 fully saturated rings. The van der Waals surface area contributed by atoms with Crippen molar-refractivity contribution < 1.29 is 9.23 Å². The Kier molecular flexibility index (Phi) is 2.81. The first-order valence-electron chi connectivity index (χ1n) is 4.51. The van der Waals surface area contributed by atoms with E-state index in [0.717, 1.165) is 11.9 Å². The Bertz CT molecular complexity index is 478. The third kappa shape index (κ3) is 2.35. The lowest BCUT2D eigenvalue weighted by Crippen LogP contribution is -2.09. The zero-order valence-electron chi connectivity index (χ0n) is 8.22. The Morgan fingerprint density at radius 3 is 2.69 bits per heavy atom. The minimum atomic E-state index is -0.674. The Labute approximate surface area is 91.1 Å². The van der Waals surface area contributed by atoms with Crippen LogP contribution in [0.25, 0.3) is 0 Å². The van der Waals surface area contributed by atoms with Gasteiger partial charge in [0.1, 0.15) is 0 Å². The van der Waals surface area contributed by atoms with Crippen molar-refractivity contribution in [3.8, 4) is 6.01 Å². The topological polar surface area (TPSA) is 73.1 Å². The van der Waals surface area contributed by atoms with Gasteiger partial charge in [0.15, 0.2) is 11.6 Å². The van der Waals surface area contributed by atoms with E-state index < -0.39 is 5.82 Å². The zero-order valence-corrected chi connectivity index (χ0v) is 8.22. The minimum absolute atomic E-state index is 0.0391. The maximum Gasteiger partial charge on any atom is 0.344 e. The van der Waals surface area contributed by atoms with Crippen molar-refractivity contribution in [3.05, 3.63) is 42.3 Å². The fourth-order valence-corrected chi connectivity index (χ4v) is 1.02. The highest BCUT2D eigenvalue weighted by Gasteiger charge is 2.03. The lowest BCUT2D eigenvalue weighted by Gasteiger charge is -2.06. The molecule has 0 radical (unpaired) electrons. The Morgan fingerprint density at radius 2 is 2.00 bits per heavy atom. The van der Waals surface area contributed by atoms with E-state index in [9.17, 15) is 4.39 Å². The lowest BCUT2D eigenvalue weighted by molar-refractivity contribution is 0.369. The fraction of sp³-hybridized carbons (Fsp3) is 0. The lowest BCUT2D eigenvalue weighted by atomic mass is 10.3. The molecule has 2 rings (SSSR count). The van der Waals surface area contributed by atoms with Crippen LogP contribution in [0.5, 0.6) is 6.01 Å². The molecule has 1 aromatic carbocycles. The van der Waals surface area contributed by atoms with Crippen LogP contribution < -0.4 is 16.1 Å². The summed E-state index contributed by atoms with van der Waals surface area (Å²) < 4.78 is 12.7. The smallest absolute Gasteiger partial charge is 0.344 e. The van der Waals surface area contributed by atoms with Crippen LogP contribution in [0, 0.1) is 5.82 Å². The standard InChI is InChI=1S/C10H9FN4O/c11-8-6-13-10(14-9(8)12)16-15-7-4-2-1-3-5-7/h1-6,15H,(H2,12,13,14). The molecular weight excluding hydrogens is 211 g/mol. The normalized spacial score (nSPS) is 9.81. The number of hydrogen-bond acceptors (Lipinski definition) is 5. The van der Waals surface area contributed by atoms with E-state index in [2.05, 4.69) is 15.4 Å². The maximum absolute atomic E-state index is 12.7. The van der Waals surface area contributed by atoms with Gasteiger partial charge < -0.3 is 10.6 Å². The first kappa shape index (κ1) is 10.2. The molecule has 0 aliphatic rings. The molecule has 0 aliphatic carbocycles. The molecule has 3 N–H and O–H groups in total. The molecule has 0 unspecified atom stereocenters. The van der Waals surface area contributed by atoms with Crippen LogP contribution in [0.15, 0.2) is 36.5 Å². The third-order valence-corrected chi connectivity index (χ3v) is 1.78. The monoisotopic (exact) mass is 220 g/mol. The predicted molar refractivity (Wildman–Crippen MR) is 57.1 cm³/mol. The second kappa shape index (κ2) is 4.43. The highest BCUT2D eigenvalue weighted by atomic mass is 19.1. The Hall–Kier alpha value is -2.37. The quantitative estimate of drug-likeness (QED) is 0.768. The molecule has 16 heavy (non-hydrogen) atoms. The number of aromatic nitrogens is 2. The van der Waals surface area contributed by atoms with E-state index in [-0.39, 0.29) is 11.8 Å². The van der Waals surface area contributed by atoms with Gasteiger partial charge >= 0.3 is 6.01 Å². The largest absolute Gasteiger partial charge is 0.381 e. The summed E-state index contributed by atoms with van der Waals surface area (Å²) in [5, 5.41) is 0. The average Bonchev–Trinajstić information content (AvgIpc) is 2.32. The van der Waals surface area contributed by atoms with E-state index in [4.69, 9.17) is 10.6 Å². The number of hydrogen-bond donors (Lipinski definition) is 2. The molecule has 1 aromatic heterocycles. The van der Waals surface area contributed by atoms with Crippen LogP contribution >= 0.6 is 0 Å². The number of nitrogen functional groups attached to an aromatic ring is 1. The summed E-state index contributed by atoms with van der Waals surface area (Å²) in [6.45, 7) is 0. The minimum Gasteiger partial charge on any atom is -0.381 e. The molecule has 0 amide bonds. The molecule has 0 saturated heterocycles. The molecule has 0 spiro atoms. The molecule has 6 heteroatoms. The first-order chi connectivity index (χ1) is 7.75. The molecule has 0 atom stereocenters. The van der Waals surface area contributed by atoms with Crippen LogP contribution in [-0.2, 0) is 0 Å². The van der Waals surface area contributed by atoms with Crippen molar-refractivity contribution in [2.45, 2.75) is 0 Å². The molecule has 82 valence electrons.